The summed E-state index contributed by atoms with van der Waals surface area (Å²) in [6, 6.07) is 0. The van der Waals surface area contributed by atoms with Crippen molar-refractivity contribution in [1.82, 2.24) is 5.32 Å². The van der Waals surface area contributed by atoms with E-state index < -0.39 is 11.7 Å². The normalized spacial score (nSPS) is 36.2. The highest BCUT2D eigenvalue weighted by atomic mass is 19.4. The fourth-order valence-corrected chi connectivity index (χ4v) is 1.93. The third-order valence-corrected chi connectivity index (χ3v) is 3.15. The lowest BCUT2D eigenvalue weighted by molar-refractivity contribution is -0.205. The molecule has 1 saturated carbocycles. The molecule has 1 aliphatic carbocycles. The number of hydrogen-bond acceptors (Lipinski definition) is 1. The van der Waals surface area contributed by atoms with E-state index in [4.69, 9.17) is 0 Å². The topological polar surface area (TPSA) is 12.0 Å². The van der Waals surface area contributed by atoms with Gasteiger partial charge < -0.3 is 5.32 Å². The van der Waals surface area contributed by atoms with Gasteiger partial charge in [0.15, 0.2) is 0 Å². The van der Waals surface area contributed by atoms with Crippen molar-refractivity contribution in [3.8, 4) is 0 Å². The Kier molecular flexibility index (Phi) is 2.90. The van der Waals surface area contributed by atoms with Crippen LogP contribution < -0.4 is 5.32 Å². The molecule has 1 rings (SSSR count). The lowest BCUT2D eigenvalue weighted by Gasteiger charge is -2.40. The summed E-state index contributed by atoms with van der Waals surface area (Å²) in [4.78, 5) is 0. The maximum atomic E-state index is 12.7. The lowest BCUT2D eigenvalue weighted by atomic mass is 9.77. The van der Waals surface area contributed by atoms with E-state index in [9.17, 15) is 13.2 Å². The minimum Gasteiger partial charge on any atom is -0.307 e. The largest absolute Gasteiger partial charge is 0.406 e. The monoisotopic (exact) mass is 195 g/mol. The first-order valence-electron chi connectivity index (χ1n) is 4.67. The average molecular weight is 195 g/mol. The number of halogens is 3. The summed E-state index contributed by atoms with van der Waals surface area (Å²) in [6.07, 6.45) is -2.34. The first kappa shape index (κ1) is 10.8. The van der Waals surface area contributed by atoms with Crippen LogP contribution in [-0.2, 0) is 0 Å². The Labute approximate surface area is 76.7 Å². The number of alkyl halides is 3. The van der Waals surface area contributed by atoms with Crippen molar-refractivity contribution in [2.45, 2.75) is 44.3 Å². The van der Waals surface area contributed by atoms with Gasteiger partial charge in [0.05, 0.1) is 0 Å². The van der Waals surface area contributed by atoms with Crippen LogP contribution in [0.15, 0.2) is 0 Å². The van der Waals surface area contributed by atoms with E-state index in [1.807, 2.05) is 6.92 Å². The molecule has 1 aliphatic rings. The van der Waals surface area contributed by atoms with Crippen LogP contribution >= 0.6 is 0 Å². The van der Waals surface area contributed by atoms with E-state index in [0.29, 0.717) is 18.8 Å². The lowest BCUT2D eigenvalue weighted by Crippen LogP contribution is -2.57. The third kappa shape index (κ3) is 1.98. The zero-order chi connectivity index (χ0) is 10.1. The predicted octanol–water partition coefficient (Wildman–Crippen LogP) is 2.72. The molecular weight excluding hydrogens is 179 g/mol. The van der Waals surface area contributed by atoms with Crippen LogP contribution in [0.5, 0.6) is 0 Å². The van der Waals surface area contributed by atoms with E-state index in [0.717, 1.165) is 0 Å². The molecule has 1 nitrogen and oxygen atoms in total. The maximum absolute atomic E-state index is 12.7. The van der Waals surface area contributed by atoms with E-state index in [1.54, 1.807) is 0 Å². The molecule has 0 aliphatic heterocycles. The van der Waals surface area contributed by atoms with Gasteiger partial charge in [0.25, 0.3) is 0 Å². The smallest absolute Gasteiger partial charge is 0.307 e. The van der Waals surface area contributed by atoms with Crippen molar-refractivity contribution in [3.63, 3.8) is 0 Å². The fourth-order valence-electron chi connectivity index (χ4n) is 1.93. The van der Waals surface area contributed by atoms with Gasteiger partial charge in [-0.2, -0.15) is 13.2 Å². The van der Waals surface area contributed by atoms with Crippen molar-refractivity contribution in [2.75, 3.05) is 7.05 Å². The zero-order valence-corrected chi connectivity index (χ0v) is 8.04. The molecule has 0 heterocycles. The maximum Gasteiger partial charge on any atom is 0.406 e. The first-order valence-corrected chi connectivity index (χ1v) is 4.67. The van der Waals surface area contributed by atoms with Gasteiger partial charge in [0.2, 0.25) is 0 Å². The quantitative estimate of drug-likeness (QED) is 0.678. The van der Waals surface area contributed by atoms with E-state index in [2.05, 4.69) is 5.32 Å². The predicted molar refractivity (Wildman–Crippen MR) is 45.5 cm³/mol. The second-order valence-corrected chi connectivity index (χ2v) is 4.01. The summed E-state index contributed by atoms with van der Waals surface area (Å²) in [6.45, 7) is 2.01. The van der Waals surface area contributed by atoms with Crippen LogP contribution in [0.2, 0.25) is 0 Å². The fraction of sp³-hybridized carbons (Fsp3) is 1.00. The minimum absolute atomic E-state index is 0.216. The molecule has 78 valence electrons. The molecule has 0 amide bonds. The van der Waals surface area contributed by atoms with Crippen molar-refractivity contribution in [3.05, 3.63) is 0 Å². The van der Waals surface area contributed by atoms with Crippen molar-refractivity contribution >= 4 is 0 Å². The van der Waals surface area contributed by atoms with Gasteiger partial charge in [-0.1, -0.05) is 6.92 Å². The van der Waals surface area contributed by atoms with Gasteiger partial charge in [-0.15, -0.1) is 0 Å². The van der Waals surface area contributed by atoms with Crippen LogP contribution in [0.25, 0.3) is 0 Å². The Morgan fingerprint density at radius 2 is 1.69 bits per heavy atom. The van der Waals surface area contributed by atoms with Crippen molar-refractivity contribution in [1.29, 1.82) is 0 Å². The van der Waals surface area contributed by atoms with E-state index >= 15 is 0 Å². The Balaban J connectivity index is 2.72. The summed E-state index contributed by atoms with van der Waals surface area (Å²) < 4.78 is 38.0. The second kappa shape index (κ2) is 3.48. The zero-order valence-electron chi connectivity index (χ0n) is 8.04. The SMILES string of the molecule is CNC1(C(F)(F)F)CCC(C)CC1. The van der Waals surface area contributed by atoms with Crippen LogP contribution in [-0.4, -0.2) is 18.8 Å². The summed E-state index contributed by atoms with van der Waals surface area (Å²) >= 11 is 0. The highest BCUT2D eigenvalue weighted by molar-refractivity contribution is 4.97. The van der Waals surface area contributed by atoms with Crippen LogP contribution in [0.4, 0.5) is 13.2 Å². The van der Waals surface area contributed by atoms with Gasteiger partial charge in [-0.05, 0) is 38.6 Å². The standard InChI is InChI=1S/C9H16F3N/c1-7-3-5-8(13-2,6-4-7)9(10,11)12/h7,13H,3-6H2,1-2H3. The molecule has 0 unspecified atom stereocenters. The molecule has 0 aromatic carbocycles. The molecule has 0 bridgehead atoms. The van der Waals surface area contributed by atoms with Gasteiger partial charge in [0.1, 0.15) is 5.54 Å². The molecule has 1 N–H and O–H groups in total. The Bertz CT molecular complexity index is 168. The summed E-state index contributed by atoms with van der Waals surface area (Å²) in [5, 5.41) is 2.45. The molecule has 0 atom stereocenters. The molecule has 13 heavy (non-hydrogen) atoms. The Morgan fingerprint density at radius 3 is 2.00 bits per heavy atom. The van der Waals surface area contributed by atoms with Gasteiger partial charge in [-0.3, -0.25) is 0 Å². The van der Waals surface area contributed by atoms with Gasteiger partial charge >= 0.3 is 6.18 Å². The molecule has 0 radical (unpaired) electrons. The van der Waals surface area contributed by atoms with Gasteiger partial charge in [-0.25, -0.2) is 0 Å². The molecule has 4 heteroatoms. The first-order chi connectivity index (χ1) is 5.91. The Hall–Kier alpha value is -0.250. The number of hydrogen-bond donors (Lipinski definition) is 1. The van der Waals surface area contributed by atoms with Gasteiger partial charge in [0, 0.05) is 0 Å². The van der Waals surface area contributed by atoms with Crippen molar-refractivity contribution < 1.29 is 13.2 Å². The van der Waals surface area contributed by atoms with Crippen LogP contribution in [0, 0.1) is 5.92 Å². The molecule has 0 saturated heterocycles. The molecule has 0 aromatic heterocycles. The second-order valence-electron chi connectivity index (χ2n) is 4.01. The van der Waals surface area contributed by atoms with E-state index in [1.165, 1.54) is 7.05 Å². The Morgan fingerprint density at radius 1 is 1.23 bits per heavy atom. The van der Waals surface area contributed by atoms with Crippen LogP contribution in [0.1, 0.15) is 32.6 Å². The van der Waals surface area contributed by atoms with E-state index in [-0.39, 0.29) is 12.8 Å². The summed E-state index contributed by atoms with van der Waals surface area (Å²) in [7, 11) is 1.41. The summed E-state index contributed by atoms with van der Waals surface area (Å²) in [5.74, 6) is 0.434. The van der Waals surface area contributed by atoms with Crippen LogP contribution in [0.3, 0.4) is 0 Å². The highest BCUT2D eigenvalue weighted by Crippen LogP contribution is 2.42. The minimum atomic E-state index is -4.11. The average Bonchev–Trinajstić information content (AvgIpc) is 2.04. The third-order valence-electron chi connectivity index (χ3n) is 3.15. The molecule has 0 spiro atoms. The molecule has 0 aromatic rings. The summed E-state index contributed by atoms with van der Waals surface area (Å²) in [5.41, 5.74) is -1.61. The number of nitrogens with one attached hydrogen (secondary N) is 1. The molecule has 1 fully saturated rings. The number of rotatable bonds is 1. The van der Waals surface area contributed by atoms with Crippen molar-refractivity contribution in [2.24, 2.45) is 5.92 Å². The molecular formula is C9H16F3N. The highest BCUT2D eigenvalue weighted by Gasteiger charge is 2.54.